The minimum absolute atomic E-state index is 0.223. The number of hydrogen-bond donors (Lipinski definition) is 1. The normalized spacial score (nSPS) is 23.5. The molecule has 0 aromatic heterocycles. The van der Waals surface area contributed by atoms with Crippen molar-refractivity contribution in [2.75, 3.05) is 11.5 Å². The van der Waals surface area contributed by atoms with Gasteiger partial charge in [0.2, 0.25) is 0 Å². The van der Waals surface area contributed by atoms with Gasteiger partial charge in [-0.2, -0.15) is 11.8 Å². The Balaban J connectivity index is 3.09. The molecule has 1 amide bonds. The molecule has 116 valence electrons. The highest BCUT2D eigenvalue weighted by Crippen LogP contribution is 2.35. The summed E-state index contributed by atoms with van der Waals surface area (Å²) < 4.78 is 5.40. The number of carboxylic acids is 1. The Labute approximate surface area is 125 Å². The van der Waals surface area contributed by atoms with Crippen LogP contribution < -0.4 is 0 Å². The van der Waals surface area contributed by atoms with E-state index in [2.05, 4.69) is 0 Å². The quantitative estimate of drug-likeness (QED) is 0.868. The summed E-state index contributed by atoms with van der Waals surface area (Å²) >= 11 is 1.58. The molecule has 0 aromatic carbocycles. The number of aliphatic carboxylic acids is 1. The molecule has 0 aliphatic carbocycles. The van der Waals surface area contributed by atoms with Crippen LogP contribution in [-0.2, 0) is 9.53 Å². The van der Waals surface area contributed by atoms with Gasteiger partial charge in [0.25, 0.3) is 0 Å². The zero-order chi connectivity index (χ0) is 15.6. The zero-order valence-corrected chi connectivity index (χ0v) is 13.7. The molecule has 0 bridgehead atoms. The number of carbonyl (C=O) groups excluding carboxylic acids is 1. The lowest BCUT2D eigenvalue weighted by Gasteiger charge is -2.45. The lowest BCUT2D eigenvalue weighted by molar-refractivity contribution is -0.151. The maximum Gasteiger partial charge on any atom is 0.411 e. The standard InChI is InChI=1S/C14H25NO4S/c1-10(2)15(12(18)19-13(3,4)5)14(11(16)17)7-6-8-20-9-14/h10H,6-9H2,1-5H3,(H,16,17). The van der Waals surface area contributed by atoms with Crippen LogP contribution in [0.25, 0.3) is 0 Å². The van der Waals surface area contributed by atoms with Gasteiger partial charge in [-0.05, 0) is 53.2 Å². The zero-order valence-electron chi connectivity index (χ0n) is 12.9. The minimum atomic E-state index is -1.15. The van der Waals surface area contributed by atoms with Crippen LogP contribution in [0.15, 0.2) is 0 Å². The lowest BCUT2D eigenvalue weighted by atomic mass is 9.92. The van der Waals surface area contributed by atoms with Crippen molar-refractivity contribution >= 4 is 23.8 Å². The van der Waals surface area contributed by atoms with Crippen molar-refractivity contribution in [3.8, 4) is 0 Å². The van der Waals surface area contributed by atoms with Gasteiger partial charge >= 0.3 is 12.1 Å². The number of rotatable bonds is 3. The molecule has 1 aliphatic rings. The van der Waals surface area contributed by atoms with Gasteiger partial charge in [0.05, 0.1) is 0 Å². The van der Waals surface area contributed by atoms with E-state index in [1.165, 1.54) is 4.90 Å². The van der Waals surface area contributed by atoms with Crippen LogP contribution in [0.2, 0.25) is 0 Å². The molecule has 1 heterocycles. The van der Waals surface area contributed by atoms with Crippen LogP contribution in [-0.4, -0.2) is 50.8 Å². The fourth-order valence-corrected chi connectivity index (χ4v) is 3.67. The van der Waals surface area contributed by atoms with Crippen LogP contribution in [0.1, 0.15) is 47.5 Å². The molecule has 1 saturated heterocycles. The highest BCUT2D eigenvalue weighted by atomic mass is 32.2. The molecular weight excluding hydrogens is 278 g/mol. The molecule has 1 aliphatic heterocycles. The number of amides is 1. The van der Waals surface area contributed by atoms with E-state index in [9.17, 15) is 14.7 Å². The number of ether oxygens (including phenoxy) is 1. The van der Waals surface area contributed by atoms with Crippen molar-refractivity contribution in [2.45, 2.75) is 64.6 Å². The fourth-order valence-electron chi connectivity index (χ4n) is 2.43. The van der Waals surface area contributed by atoms with Crippen LogP contribution in [0, 0.1) is 0 Å². The van der Waals surface area contributed by atoms with Gasteiger partial charge in [-0.3, -0.25) is 4.90 Å². The van der Waals surface area contributed by atoms with E-state index in [0.29, 0.717) is 12.2 Å². The number of thioether (sulfide) groups is 1. The van der Waals surface area contributed by atoms with Crippen LogP contribution in [0.3, 0.4) is 0 Å². The Morgan fingerprint density at radius 1 is 1.35 bits per heavy atom. The fraction of sp³-hybridized carbons (Fsp3) is 0.857. The Morgan fingerprint density at radius 3 is 2.30 bits per heavy atom. The maximum absolute atomic E-state index is 12.4. The molecule has 0 radical (unpaired) electrons. The molecule has 20 heavy (non-hydrogen) atoms. The summed E-state index contributed by atoms with van der Waals surface area (Å²) in [7, 11) is 0. The van der Waals surface area contributed by atoms with Gasteiger partial charge in [0, 0.05) is 11.8 Å². The summed E-state index contributed by atoms with van der Waals surface area (Å²) in [5.41, 5.74) is -1.79. The van der Waals surface area contributed by atoms with E-state index < -0.39 is 23.2 Å². The van der Waals surface area contributed by atoms with E-state index in [1.807, 2.05) is 13.8 Å². The van der Waals surface area contributed by atoms with Crippen molar-refractivity contribution in [3.63, 3.8) is 0 Å². The minimum Gasteiger partial charge on any atom is -0.479 e. The molecule has 1 N–H and O–H groups in total. The third-order valence-electron chi connectivity index (χ3n) is 3.19. The van der Waals surface area contributed by atoms with Crippen LogP contribution in [0.4, 0.5) is 4.79 Å². The SMILES string of the molecule is CC(C)N(C(=O)OC(C)(C)C)C1(C(=O)O)CCCSC1. The number of carboxylic acid groups (broad SMARTS) is 1. The highest BCUT2D eigenvalue weighted by Gasteiger charge is 2.50. The first kappa shape index (κ1) is 17.1. The number of nitrogens with zero attached hydrogens (tertiary/aromatic N) is 1. The average molecular weight is 303 g/mol. The Kier molecular flexibility index (Phi) is 5.35. The molecular formula is C14H25NO4S. The van der Waals surface area contributed by atoms with E-state index in [-0.39, 0.29) is 6.04 Å². The second-order valence-electron chi connectivity index (χ2n) is 6.44. The Morgan fingerprint density at radius 2 is 1.95 bits per heavy atom. The molecule has 5 nitrogen and oxygen atoms in total. The smallest absolute Gasteiger partial charge is 0.411 e. The maximum atomic E-state index is 12.4. The van der Waals surface area contributed by atoms with Crippen molar-refractivity contribution in [3.05, 3.63) is 0 Å². The Hall–Kier alpha value is -0.910. The van der Waals surface area contributed by atoms with E-state index in [4.69, 9.17) is 4.74 Å². The van der Waals surface area contributed by atoms with Gasteiger partial charge < -0.3 is 9.84 Å². The average Bonchev–Trinajstić information content (AvgIpc) is 2.26. The predicted molar refractivity (Wildman–Crippen MR) is 80.1 cm³/mol. The summed E-state index contributed by atoms with van der Waals surface area (Å²) in [6.45, 7) is 9.01. The second kappa shape index (κ2) is 6.24. The Bertz CT molecular complexity index is 370. The molecule has 1 unspecified atom stereocenters. The van der Waals surface area contributed by atoms with Crippen molar-refractivity contribution < 1.29 is 19.4 Å². The van der Waals surface area contributed by atoms with E-state index >= 15 is 0 Å². The first-order valence-electron chi connectivity index (χ1n) is 6.93. The van der Waals surface area contributed by atoms with Gasteiger partial charge in [-0.25, -0.2) is 9.59 Å². The highest BCUT2D eigenvalue weighted by molar-refractivity contribution is 7.99. The van der Waals surface area contributed by atoms with Crippen molar-refractivity contribution in [2.24, 2.45) is 0 Å². The van der Waals surface area contributed by atoms with E-state index in [0.717, 1.165) is 12.2 Å². The molecule has 1 fully saturated rings. The summed E-state index contributed by atoms with van der Waals surface area (Å²) in [5.74, 6) is 0.416. The first-order valence-corrected chi connectivity index (χ1v) is 8.09. The van der Waals surface area contributed by atoms with Crippen LogP contribution in [0.5, 0.6) is 0 Å². The van der Waals surface area contributed by atoms with Crippen LogP contribution >= 0.6 is 11.8 Å². The second-order valence-corrected chi connectivity index (χ2v) is 7.54. The summed E-state index contributed by atoms with van der Waals surface area (Å²) in [6.07, 6.45) is 0.729. The van der Waals surface area contributed by atoms with Gasteiger partial charge in [-0.15, -0.1) is 0 Å². The summed E-state index contributed by atoms with van der Waals surface area (Å²) in [6, 6.07) is -0.223. The number of carbonyl (C=O) groups is 2. The van der Waals surface area contributed by atoms with E-state index in [1.54, 1.807) is 32.5 Å². The topological polar surface area (TPSA) is 66.8 Å². The molecule has 1 rings (SSSR count). The molecule has 6 heteroatoms. The largest absolute Gasteiger partial charge is 0.479 e. The molecule has 1 atom stereocenters. The van der Waals surface area contributed by atoms with Gasteiger partial charge in [-0.1, -0.05) is 0 Å². The van der Waals surface area contributed by atoms with Gasteiger partial charge in [0.1, 0.15) is 5.60 Å². The summed E-state index contributed by atoms with van der Waals surface area (Å²) in [5, 5.41) is 9.69. The molecule has 0 saturated carbocycles. The van der Waals surface area contributed by atoms with Gasteiger partial charge in [0.15, 0.2) is 5.54 Å². The lowest BCUT2D eigenvalue weighted by Crippen LogP contribution is -2.63. The van der Waals surface area contributed by atoms with Crippen molar-refractivity contribution in [1.82, 2.24) is 4.90 Å². The third-order valence-corrected chi connectivity index (χ3v) is 4.44. The van der Waals surface area contributed by atoms with Crippen molar-refractivity contribution in [1.29, 1.82) is 0 Å². The molecule has 0 aromatic rings. The third kappa shape index (κ3) is 3.81. The summed E-state index contributed by atoms with van der Waals surface area (Å²) in [4.78, 5) is 25.7. The monoisotopic (exact) mass is 303 g/mol. The number of hydrogen-bond acceptors (Lipinski definition) is 4. The first-order chi connectivity index (χ1) is 9.10. The predicted octanol–water partition coefficient (Wildman–Crippen LogP) is 2.98. The molecule has 0 spiro atoms.